The molecule has 44 heavy (non-hydrogen) atoms. The van der Waals surface area contributed by atoms with Crippen LogP contribution in [0.4, 0.5) is 11.4 Å². The van der Waals surface area contributed by atoms with E-state index in [0.717, 1.165) is 48.1 Å². The third-order valence-electron chi connectivity index (χ3n) is 8.05. The van der Waals surface area contributed by atoms with E-state index in [-0.39, 0.29) is 11.9 Å². The van der Waals surface area contributed by atoms with Gasteiger partial charge in [-0.3, -0.25) is 14.6 Å². The van der Waals surface area contributed by atoms with Gasteiger partial charge < -0.3 is 25.3 Å². The maximum absolute atomic E-state index is 13.6. The molecule has 3 heterocycles. The molecule has 1 aliphatic heterocycles. The number of anilines is 2. The van der Waals surface area contributed by atoms with Gasteiger partial charge in [0, 0.05) is 65.3 Å². The fourth-order valence-electron chi connectivity index (χ4n) is 5.78. The number of esters is 1. The van der Waals surface area contributed by atoms with E-state index in [1.54, 1.807) is 30.5 Å². The number of nitrogens with two attached hydrogens (primary N) is 1. The zero-order valence-corrected chi connectivity index (χ0v) is 24.5. The lowest BCUT2D eigenvalue weighted by molar-refractivity contribution is 0.0602. The molecule has 5 aromatic rings. The highest BCUT2D eigenvalue weighted by Gasteiger charge is 2.18. The van der Waals surface area contributed by atoms with Crippen LogP contribution in [-0.2, 0) is 11.3 Å². The number of carbonyl (C=O) groups is 3. The summed E-state index contributed by atoms with van der Waals surface area (Å²) in [6, 6.07) is 24.0. The van der Waals surface area contributed by atoms with E-state index < -0.39 is 5.91 Å². The fraction of sp³-hybridized carbons (Fsp3) is 0.200. The number of hydrogen-bond acceptors (Lipinski definition) is 6. The van der Waals surface area contributed by atoms with Crippen molar-refractivity contribution in [3.63, 3.8) is 0 Å². The van der Waals surface area contributed by atoms with Crippen molar-refractivity contribution < 1.29 is 19.1 Å². The van der Waals surface area contributed by atoms with Gasteiger partial charge in [-0.15, -0.1) is 0 Å². The number of hydrogen-bond donors (Lipinski definition) is 2. The van der Waals surface area contributed by atoms with Crippen molar-refractivity contribution in [3.8, 4) is 11.3 Å². The van der Waals surface area contributed by atoms with Crippen molar-refractivity contribution in [1.82, 2.24) is 9.55 Å². The second-order valence-corrected chi connectivity index (χ2v) is 10.9. The zero-order chi connectivity index (χ0) is 30.6. The molecule has 9 heteroatoms. The lowest BCUT2D eigenvalue weighted by Crippen LogP contribution is -2.29. The van der Waals surface area contributed by atoms with Crippen molar-refractivity contribution in [2.75, 3.05) is 30.4 Å². The lowest BCUT2D eigenvalue weighted by Gasteiger charge is -2.29. The summed E-state index contributed by atoms with van der Waals surface area (Å²) in [5.74, 6) is -1.19. The molecule has 2 aromatic heterocycles. The Balaban J connectivity index is 1.28. The van der Waals surface area contributed by atoms with Crippen LogP contribution in [0.15, 0.2) is 91.3 Å². The van der Waals surface area contributed by atoms with Gasteiger partial charge in [0.1, 0.15) is 0 Å². The van der Waals surface area contributed by atoms with Gasteiger partial charge in [-0.2, -0.15) is 0 Å². The van der Waals surface area contributed by atoms with Crippen LogP contribution in [0.25, 0.3) is 22.2 Å². The number of nitrogens with one attached hydrogen (secondary N) is 1. The molecular weight excluding hydrogens is 554 g/mol. The number of rotatable bonds is 8. The molecule has 222 valence electrons. The molecule has 0 unspecified atom stereocenters. The topological polar surface area (TPSA) is 120 Å². The Hall–Kier alpha value is -5.44. The summed E-state index contributed by atoms with van der Waals surface area (Å²) in [4.78, 5) is 44.6. The third-order valence-corrected chi connectivity index (χ3v) is 8.05. The second kappa shape index (κ2) is 12.4. The largest absolute Gasteiger partial charge is 0.465 e. The Kier molecular flexibility index (Phi) is 8.10. The van der Waals surface area contributed by atoms with Crippen LogP contribution in [0.2, 0.25) is 0 Å². The second-order valence-electron chi connectivity index (χ2n) is 10.9. The van der Waals surface area contributed by atoms with Crippen LogP contribution < -0.4 is 16.0 Å². The van der Waals surface area contributed by atoms with Crippen molar-refractivity contribution >= 4 is 40.1 Å². The molecule has 6 rings (SSSR count). The van der Waals surface area contributed by atoms with Gasteiger partial charge in [0.05, 0.1) is 24.1 Å². The first-order valence-corrected chi connectivity index (χ1v) is 14.6. The predicted molar refractivity (Wildman–Crippen MR) is 171 cm³/mol. The van der Waals surface area contributed by atoms with Gasteiger partial charge in [0.25, 0.3) is 5.91 Å². The quantitative estimate of drug-likeness (QED) is 0.219. The monoisotopic (exact) mass is 587 g/mol. The Labute approximate surface area is 255 Å². The normalized spacial score (nSPS) is 13.1. The van der Waals surface area contributed by atoms with E-state index in [4.69, 9.17) is 10.5 Å². The molecule has 0 bridgehead atoms. The van der Waals surface area contributed by atoms with Crippen LogP contribution in [0, 0.1) is 0 Å². The summed E-state index contributed by atoms with van der Waals surface area (Å²) in [5.41, 5.74) is 11.6. The van der Waals surface area contributed by atoms with E-state index in [2.05, 4.69) is 15.2 Å². The molecule has 0 saturated carbocycles. The third kappa shape index (κ3) is 5.89. The summed E-state index contributed by atoms with van der Waals surface area (Å²) in [6.07, 6.45) is 6.95. The first-order chi connectivity index (χ1) is 21.4. The summed E-state index contributed by atoms with van der Waals surface area (Å²) >= 11 is 0. The number of pyridine rings is 1. The van der Waals surface area contributed by atoms with E-state index in [1.165, 1.54) is 13.5 Å². The number of fused-ring (bicyclic) bond motifs is 1. The van der Waals surface area contributed by atoms with E-state index in [9.17, 15) is 14.4 Å². The van der Waals surface area contributed by atoms with E-state index in [0.29, 0.717) is 40.2 Å². The molecule has 0 radical (unpaired) electrons. The average Bonchev–Trinajstić information content (AvgIpc) is 3.47. The number of ether oxygens (including phenoxy) is 1. The number of aromatic nitrogens is 2. The van der Waals surface area contributed by atoms with Crippen molar-refractivity contribution in [2.24, 2.45) is 5.73 Å². The molecule has 9 nitrogen and oxygen atoms in total. The molecular formula is C35H33N5O4. The van der Waals surface area contributed by atoms with Gasteiger partial charge >= 0.3 is 5.97 Å². The Bertz CT molecular complexity index is 1870. The highest BCUT2D eigenvalue weighted by molar-refractivity contribution is 6.07. The Morgan fingerprint density at radius 1 is 0.909 bits per heavy atom. The van der Waals surface area contributed by atoms with Crippen LogP contribution in [0.5, 0.6) is 0 Å². The Morgan fingerprint density at radius 3 is 2.52 bits per heavy atom. The highest BCUT2D eigenvalue weighted by atomic mass is 16.5. The van der Waals surface area contributed by atoms with Crippen molar-refractivity contribution in [2.45, 2.75) is 25.8 Å². The minimum absolute atomic E-state index is 0.268. The van der Waals surface area contributed by atoms with Crippen molar-refractivity contribution in [3.05, 3.63) is 114 Å². The minimum Gasteiger partial charge on any atom is -0.465 e. The zero-order valence-electron chi connectivity index (χ0n) is 24.5. The lowest BCUT2D eigenvalue weighted by atomic mass is 10.0. The first-order valence-electron chi connectivity index (χ1n) is 14.6. The summed E-state index contributed by atoms with van der Waals surface area (Å²) < 4.78 is 6.97. The van der Waals surface area contributed by atoms with Crippen LogP contribution >= 0.6 is 0 Å². The molecule has 0 spiro atoms. The standard InChI is InChI=1S/C35H33N5O4/c1-44-35(43)28-9-6-10-32-27(28)14-18-40(32)22-23-7-5-8-25(19-23)34(42)38-30-12-11-26(39-16-3-2-4-17-39)21-29(30)31-20-24(33(36)41)13-15-37-31/h5-15,18-21H,2-4,16-17,22H2,1H3,(H2,36,41)(H,38,42). The van der Waals surface area contributed by atoms with Gasteiger partial charge in [-0.1, -0.05) is 18.2 Å². The summed E-state index contributed by atoms with van der Waals surface area (Å²) in [5, 5.41) is 3.88. The molecule has 1 aliphatic rings. The number of primary amides is 1. The number of amides is 2. The fourth-order valence-corrected chi connectivity index (χ4v) is 5.78. The van der Waals surface area contributed by atoms with Crippen LogP contribution in [0.1, 0.15) is 55.9 Å². The number of piperidine rings is 1. The smallest absolute Gasteiger partial charge is 0.338 e. The van der Waals surface area contributed by atoms with Gasteiger partial charge in [0.2, 0.25) is 5.91 Å². The summed E-state index contributed by atoms with van der Waals surface area (Å²) in [7, 11) is 1.37. The SMILES string of the molecule is COC(=O)c1cccc2c1ccn2Cc1cccc(C(=O)Nc2ccc(N3CCCCC3)cc2-c2cc(C(N)=O)ccn2)c1. The molecule has 2 amide bonds. The number of methoxy groups -OCH3 is 1. The van der Waals surface area contributed by atoms with Gasteiger partial charge in [-0.25, -0.2) is 4.79 Å². The number of nitrogens with zero attached hydrogens (tertiary/aromatic N) is 3. The minimum atomic E-state index is -0.541. The van der Waals surface area contributed by atoms with E-state index in [1.807, 2.05) is 65.4 Å². The average molecular weight is 588 g/mol. The first kappa shape index (κ1) is 28.7. The number of carbonyl (C=O) groups excluding carboxylic acids is 3. The molecule has 3 aromatic carbocycles. The van der Waals surface area contributed by atoms with E-state index >= 15 is 0 Å². The molecule has 1 fully saturated rings. The van der Waals surface area contributed by atoms with Gasteiger partial charge in [0.15, 0.2) is 0 Å². The Morgan fingerprint density at radius 2 is 1.73 bits per heavy atom. The summed E-state index contributed by atoms with van der Waals surface area (Å²) in [6.45, 7) is 2.44. The maximum atomic E-state index is 13.6. The van der Waals surface area contributed by atoms with Gasteiger partial charge in [-0.05, 0) is 85.5 Å². The molecule has 0 aliphatic carbocycles. The molecule has 1 saturated heterocycles. The highest BCUT2D eigenvalue weighted by Crippen LogP contribution is 2.33. The predicted octanol–water partition coefficient (Wildman–Crippen LogP) is 5.88. The maximum Gasteiger partial charge on any atom is 0.338 e. The molecule has 3 N–H and O–H groups in total. The number of benzene rings is 3. The van der Waals surface area contributed by atoms with Crippen molar-refractivity contribution in [1.29, 1.82) is 0 Å². The van der Waals surface area contributed by atoms with Crippen LogP contribution in [-0.4, -0.2) is 47.5 Å². The molecule has 0 atom stereocenters. The van der Waals surface area contributed by atoms with Crippen LogP contribution in [0.3, 0.4) is 0 Å².